The van der Waals surface area contributed by atoms with Crippen molar-refractivity contribution in [2.24, 2.45) is 0 Å². The summed E-state index contributed by atoms with van der Waals surface area (Å²) in [6.45, 7) is 2.98. The summed E-state index contributed by atoms with van der Waals surface area (Å²) in [5.41, 5.74) is 2.07. The molecule has 1 aliphatic heterocycles. The Morgan fingerprint density at radius 2 is 1.92 bits per heavy atom. The van der Waals surface area contributed by atoms with E-state index in [1.54, 1.807) is 14.2 Å². The lowest BCUT2D eigenvalue weighted by Gasteiger charge is -2.17. The van der Waals surface area contributed by atoms with Crippen molar-refractivity contribution in [2.75, 3.05) is 21.0 Å². The van der Waals surface area contributed by atoms with Crippen molar-refractivity contribution < 1.29 is 18.9 Å². The third-order valence-electron chi connectivity index (χ3n) is 4.06. The van der Waals surface area contributed by atoms with Gasteiger partial charge >= 0.3 is 0 Å². The van der Waals surface area contributed by atoms with Crippen molar-refractivity contribution in [2.45, 2.75) is 19.5 Å². The van der Waals surface area contributed by atoms with Crippen LogP contribution in [0.25, 0.3) is 0 Å². The van der Waals surface area contributed by atoms with E-state index >= 15 is 0 Å². The lowest BCUT2D eigenvalue weighted by atomic mass is 10.1. The van der Waals surface area contributed by atoms with E-state index in [9.17, 15) is 0 Å². The number of ether oxygens (including phenoxy) is 4. The molecule has 1 atom stereocenters. The minimum atomic E-state index is 0.128. The Balaban J connectivity index is 1.71. The normalized spacial score (nSPS) is 13.7. The monoisotopic (exact) mass is 349 g/mol. The summed E-state index contributed by atoms with van der Waals surface area (Å²) in [4.78, 5) is 0. The molecule has 0 saturated carbocycles. The summed E-state index contributed by atoms with van der Waals surface area (Å²) in [7, 11) is 3.17. The molecule has 0 aliphatic carbocycles. The molecule has 2 aromatic rings. The van der Waals surface area contributed by atoms with Crippen LogP contribution in [-0.4, -0.2) is 21.0 Å². The Labute approximate surface area is 146 Å². The summed E-state index contributed by atoms with van der Waals surface area (Å²) in [6.07, 6.45) is 0. The van der Waals surface area contributed by atoms with Gasteiger partial charge in [0.05, 0.1) is 19.2 Å². The molecule has 0 spiro atoms. The maximum Gasteiger partial charge on any atom is 0.231 e. The van der Waals surface area contributed by atoms with E-state index in [4.69, 9.17) is 30.5 Å². The number of hydrogen-bond acceptors (Lipinski definition) is 5. The summed E-state index contributed by atoms with van der Waals surface area (Å²) in [5, 5.41) is 4.02. The lowest BCUT2D eigenvalue weighted by Crippen LogP contribution is -2.18. The second-order valence-electron chi connectivity index (χ2n) is 5.49. The van der Waals surface area contributed by atoms with Crippen LogP contribution in [0.5, 0.6) is 23.0 Å². The molecule has 0 fully saturated rings. The average Bonchev–Trinajstić information content (AvgIpc) is 3.07. The number of nitrogens with one attached hydrogen (secondary N) is 1. The zero-order valence-electron chi connectivity index (χ0n) is 13.9. The van der Waals surface area contributed by atoms with Crippen LogP contribution in [0, 0.1) is 0 Å². The molecule has 1 heterocycles. The van der Waals surface area contributed by atoms with Crippen LogP contribution < -0.4 is 24.3 Å². The number of benzene rings is 2. The first-order valence-electron chi connectivity index (χ1n) is 7.66. The number of hydrogen-bond donors (Lipinski definition) is 1. The Hall–Kier alpha value is -2.11. The first-order chi connectivity index (χ1) is 11.6. The van der Waals surface area contributed by atoms with Gasteiger partial charge in [0.15, 0.2) is 23.0 Å². The van der Waals surface area contributed by atoms with Gasteiger partial charge in [-0.2, -0.15) is 0 Å². The van der Waals surface area contributed by atoms with Crippen LogP contribution >= 0.6 is 11.6 Å². The topological polar surface area (TPSA) is 49.0 Å². The highest BCUT2D eigenvalue weighted by atomic mass is 35.5. The SMILES string of the molecule is COc1ccc(CNC(C)c2ccc3c(c2)OCO3)c(Cl)c1OC. The Morgan fingerprint density at radius 3 is 2.67 bits per heavy atom. The molecule has 0 radical (unpaired) electrons. The van der Waals surface area contributed by atoms with E-state index in [2.05, 4.69) is 12.2 Å². The van der Waals surface area contributed by atoms with Crippen LogP contribution in [-0.2, 0) is 6.54 Å². The average molecular weight is 350 g/mol. The van der Waals surface area contributed by atoms with Gasteiger partial charge in [-0.3, -0.25) is 0 Å². The smallest absolute Gasteiger partial charge is 0.231 e. The van der Waals surface area contributed by atoms with Crippen molar-refractivity contribution in [3.8, 4) is 23.0 Å². The molecular weight excluding hydrogens is 330 g/mol. The van der Waals surface area contributed by atoms with Gasteiger partial charge in [-0.1, -0.05) is 23.7 Å². The maximum atomic E-state index is 6.42. The predicted octanol–water partition coefficient (Wildman–Crippen LogP) is 3.94. The van der Waals surface area contributed by atoms with Gasteiger partial charge in [0.1, 0.15) is 0 Å². The maximum absolute atomic E-state index is 6.42. The van der Waals surface area contributed by atoms with Gasteiger partial charge in [-0.15, -0.1) is 0 Å². The molecule has 1 unspecified atom stereocenters. The molecule has 2 aromatic carbocycles. The molecule has 24 heavy (non-hydrogen) atoms. The van der Waals surface area contributed by atoms with Gasteiger partial charge in [-0.25, -0.2) is 0 Å². The summed E-state index contributed by atoms with van der Waals surface area (Å²) in [5.74, 6) is 2.74. The Morgan fingerprint density at radius 1 is 1.12 bits per heavy atom. The van der Waals surface area contributed by atoms with Crippen LogP contribution in [0.15, 0.2) is 30.3 Å². The molecule has 0 bridgehead atoms. The summed E-state index contributed by atoms with van der Waals surface area (Å²) in [6, 6.07) is 9.87. The fraction of sp³-hybridized carbons (Fsp3) is 0.333. The minimum absolute atomic E-state index is 0.128. The number of halogens is 1. The molecule has 0 aromatic heterocycles. The largest absolute Gasteiger partial charge is 0.493 e. The molecule has 0 amide bonds. The fourth-order valence-electron chi connectivity index (χ4n) is 2.63. The second-order valence-corrected chi connectivity index (χ2v) is 5.87. The van der Waals surface area contributed by atoms with E-state index < -0.39 is 0 Å². The van der Waals surface area contributed by atoms with Crippen molar-refractivity contribution in [3.63, 3.8) is 0 Å². The molecule has 6 heteroatoms. The highest BCUT2D eigenvalue weighted by molar-refractivity contribution is 6.33. The van der Waals surface area contributed by atoms with Gasteiger partial charge < -0.3 is 24.3 Å². The van der Waals surface area contributed by atoms with Gasteiger partial charge in [0, 0.05) is 12.6 Å². The summed E-state index contributed by atoms with van der Waals surface area (Å²) < 4.78 is 21.4. The van der Waals surface area contributed by atoms with Gasteiger partial charge in [0.25, 0.3) is 0 Å². The number of methoxy groups -OCH3 is 2. The van der Waals surface area contributed by atoms with Gasteiger partial charge in [-0.05, 0) is 36.2 Å². The quantitative estimate of drug-likeness (QED) is 0.856. The Kier molecular flexibility index (Phi) is 5.02. The third-order valence-corrected chi connectivity index (χ3v) is 4.47. The van der Waals surface area contributed by atoms with Crippen LogP contribution in [0.4, 0.5) is 0 Å². The summed E-state index contributed by atoms with van der Waals surface area (Å²) >= 11 is 6.42. The van der Waals surface area contributed by atoms with Crippen LogP contribution in [0.3, 0.4) is 0 Å². The highest BCUT2D eigenvalue weighted by Crippen LogP contribution is 2.38. The predicted molar refractivity (Wildman–Crippen MR) is 92.4 cm³/mol. The van der Waals surface area contributed by atoms with E-state index in [0.717, 1.165) is 22.6 Å². The van der Waals surface area contributed by atoms with Crippen LogP contribution in [0.2, 0.25) is 5.02 Å². The van der Waals surface area contributed by atoms with Crippen molar-refractivity contribution in [3.05, 3.63) is 46.5 Å². The molecule has 0 saturated heterocycles. The molecule has 1 aliphatic rings. The van der Waals surface area contributed by atoms with E-state index in [-0.39, 0.29) is 12.8 Å². The van der Waals surface area contributed by atoms with E-state index in [1.165, 1.54) is 0 Å². The number of fused-ring (bicyclic) bond motifs is 1. The highest BCUT2D eigenvalue weighted by Gasteiger charge is 2.17. The fourth-order valence-corrected chi connectivity index (χ4v) is 2.93. The van der Waals surface area contributed by atoms with E-state index in [1.807, 2.05) is 30.3 Å². The van der Waals surface area contributed by atoms with Crippen molar-refractivity contribution in [1.82, 2.24) is 5.32 Å². The molecule has 3 rings (SSSR count). The van der Waals surface area contributed by atoms with Crippen molar-refractivity contribution in [1.29, 1.82) is 0 Å². The lowest BCUT2D eigenvalue weighted by molar-refractivity contribution is 0.174. The molecule has 128 valence electrons. The second kappa shape index (κ2) is 7.20. The Bertz CT molecular complexity index is 735. The van der Waals surface area contributed by atoms with Gasteiger partial charge in [0.2, 0.25) is 6.79 Å². The third kappa shape index (κ3) is 3.23. The zero-order valence-corrected chi connectivity index (χ0v) is 14.6. The number of rotatable bonds is 6. The van der Waals surface area contributed by atoms with Crippen LogP contribution in [0.1, 0.15) is 24.1 Å². The van der Waals surface area contributed by atoms with Crippen molar-refractivity contribution >= 4 is 11.6 Å². The minimum Gasteiger partial charge on any atom is -0.493 e. The standard InChI is InChI=1S/C18H20ClNO4/c1-11(12-4-6-14-16(8-12)24-10-23-14)20-9-13-5-7-15(21-2)18(22-3)17(13)19/h4-8,11,20H,9-10H2,1-3H3. The first-order valence-corrected chi connectivity index (χ1v) is 8.04. The molecular formula is C18H20ClNO4. The first kappa shape index (κ1) is 16.7. The molecule has 1 N–H and O–H groups in total. The zero-order chi connectivity index (χ0) is 17.1. The van der Waals surface area contributed by atoms with E-state index in [0.29, 0.717) is 23.1 Å². The molecule has 5 nitrogen and oxygen atoms in total.